The van der Waals surface area contributed by atoms with E-state index in [1.165, 1.54) is 6.21 Å². The van der Waals surface area contributed by atoms with Crippen LogP contribution in [0.3, 0.4) is 0 Å². The lowest BCUT2D eigenvalue weighted by molar-refractivity contribution is -0.485. The van der Waals surface area contributed by atoms with Gasteiger partial charge in [0.2, 0.25) is 6.79 Å². The van der Waals surface area contributed by atoms with Crippen molar-refractivity contribution < 1.29 is 24.1 Å². The van der Waals surface area contributed by atoms with Crippen molar-refractivity contribution in [1.82, 2.24) is 16.3 Å². The Balaban J connectivity index is 1.81. The minimum absolute atomic E-state index is 0.128. The van der Waals surface area contributed by atoms with E-state index in [4.69, 9.17) is 15.2 Å². The molecule has 0 aliphatic carbocycles. The lowest BCUT2D eigenvalue weighted by atomic mass is 10.2. The third kappa shape index (κ3) is 4.55. The molecule has 24 heavy (non-hydrogen) atoms. The minimum Gasteiger partial charge on any atom is -0.454 e. The van der Waals surface area contributed by atoms with Crippen molar-refractivity contribution in [1.29, 1.82) is 0 Å². The van der Waals surface area contributed by atoms with Crippen LogP contribution in [0.25, 0.3) is 0 Å². The van der Waals surface area contributed by atoms with Gasteiger partial charge in [0, 0.05) is 0 Å². The maximum absolute atomic E-state index is 11.4. The Hall–Kier alpha value is -3.90. The van der Waals surface area contributed by atoms with Crippen LogP contribution in [0.15, 0.2) is 28.4 Å². The highest BCUT2D eigenvalue weighted by Gasteiger charge is 2.14. The Labute approximate surface area is 133 Å². The number of benzene rings is 1. The van der Waals surface area contributed by atoms with E-state index in [0.29, 0.717) is 17.1 Å². The van der Waals surface area contributed by atoms with Crippen molar-refractivity contribution in [2.24, 2.45) is 15.9 Å². The smallest absolute Gasteiger partial charge is 0.331 e. The fraction of sp³-hybridized carbons (Fsp3) is 0.0909. The van der Waals surface area contributed by atoms with Gasteiger partial charge in [-0.3, -0.25) is 20.4 Å². The van der Waals surface area contributed by atoms with Gasteiger partial charge in [-0.25, -0.2) is 15.5 Å². The summed E-state index contributed by atoms with van der Waals surface area (Å²) in [6.45, 7) is 0.128. The number of nitrogens with two attached hydrogens (primary N) is 1. The molecule has 0 fully saturated rings. The van der Waals surface area contributed by atoms with Crippen LogP contribution in [-0.4, -0.2) is 35.8 Å². The van der Waals surface area contributed by atoms with Crippen molar-refractivity contribution in [2.75, 3.05) is 6.79 Å². The number of carbonyl (C=O) groups is 2. The lowest BCUT2D eigenvalue weighted by Gasteiger charge is -2.03. The highest BCUT2D eigenvalue weighted by molar-refractivity contribution is 6.35. The molecule has 0 unspecified atom stereocenters. The number of hydrazine groups is 1. The zero-order valence-electron chi connectivity index (χ0n) is 11.9. The number of hydrazone groups is 2. The molecule has 0 atom stereocenters. The predicted octanol–water partition coefficient (Wildman–Crippen LogP) is -2.01. The fourth-order valence-electron chi connectivity index (χ4n) is 1.50. The molecule has 5 N–H and O–H groups in total. The van der Waals surface area contributed by atoms with Crippen molar-refractivity contribution in [3.8, 4) is 11.5 Å². The van der Waals surface area contributed by atoms with Gasteiger partial charge < -0.3 is 15.2 Å². The van der Waals surface area contributed by atoms with Gasteiger partial charge in [-0.2, -0.15) is 5.10 Å². The van der Waals surface area contributed by atoms with E-state index in [9.17, 15) is 19.7 Å². The minimum atomic E-state index is -1.18. The highest BCUT2D eigenvalue weighted by Crippen LogP contribution is 2.31. The number of hydrogen-bond acceptors (Lipinski definition) is 7. The molecule has 2 rings (SSSR count). The number of carbonyl (C=O) groups excluding carboxylic acids is 2. The molecular weight excluding hydrogens is 326 g/mol. The van der Waals surface area contributed by atoms with Gasteiger partial charge in [0.15, 0.2) is 16.5 Å². The van der Waals surface area contributed by atoms with Crippen molar-refractivity contribution >= 4 is 24.0 Å². The summed E-state index contributed by atoms with van der Waals surface area (Å²) in [5.41, 5.74) is 11.3. The van der Waals surface area contributed by atoms with E-state index in [1.807, 2.05) is 10.9 Å². The maximum Gasteiger partial charge on any atom is 0.331 e. The molecule has 1 aromatic rings. The molecule has 126 valence electrons. The first-order valence-electron chi connectivity index (χ1n) is 6.23. The standard InChI is InChI=1S/C11H11N7O6/c12-11(17-18(21)22)16-15-10(20)9(19)14-13-4-6-1-2-7-8(3-6)24-5-23-7/h1-4H,5H2,(H,14,19)(H,15,20)(H3,12,16,17). The van der Waals surface area contributed by atoms with Crippen LogP contribution in [0, 0.1) is 10.1 Å². The summed E-state index contributed by atoms with van der Waals surface area (Å²) in [5.74, 6) is -1.89. The highest BCUT2D eigenvalue weighted by atomic mass is 16.7. The van der Waals surface area contributed by atoms with Crippen LogP contribution >= 0.6 is 0 Å². The summed E-state index contributed by atoms with van der Waals surface area (Å²) in [7, 11) is 0. The Morgan fingerprint density at radius 1 is 1.25 bits per heavy atom. The topological polar surface area (TPSA) is 183 Å². The summed E-state index contributed by atoms with van der Waals surface area (Å²) in [6, 6.07) is 4.97. The largest absolute Gasteiger partial charge is 0.454 e. The summed E-state index contributed by atoms with van der Waals surface area (Å²) in [5, 5.41) is 15.2. The van der Waals surface area contributed by atoms with Gasteiger partial charge in [0.1, 0.15) is 5.10 Å². The Kier molecular flexibility index (Phi) is 5.07. The monoisotopic (exact) mass is 337 g/mol. The maximum atomic E-state index is 11.4. The van der Waals surface area contributed by atoms with E-state index in [2.05, 4.69) is 10.2 Å². The molecule has 13 heteroatoms. The third-order valence-electron chi connectivity index (χ3n) is 2.48. The Bertz CT molecular complexity index is 732. The van der Waals surface area contributed by atoms with Crippen molar-refractivity contribution in [2.45, 2.75) is 0 Å². The van der Waals surface area contributed by atoms with E-state index in [1.54, 1.807) is 23.6 Å². The predicted molar refractivity (Wildman–Crippen MR) is 78.2 cm³/mol. The van der Waals surface area contributed by atoms with E-state index in [0.717, 1.165) is 0 Å². The zero-order valence-corrected chi connectivity index (χ0v) is 11.9. The molecule has 2 amide bonds. The van der Waals surface area contributed by atoms with Gasteiger partial charge in [-0.05, 0) is 23.8 Å². The number of fused-ring (bicyclic) bond motifs is 1. The van der Waals surface area contributed by atoms with E-state index in [-0.39, 0.29) is 6.79 Å². The normalized spacial score (nSPS) is 12.8. The van der Waals surface area contributed by atoms with Gasteiger partial charge >= 0.3 is 11.8 Å². The number of guanidine groups is 1. The number of ether oxygens (including phenoxy) is 2. The summed E-state index contributed by atoms with van der Waals surface area (Å²) >= 11 is 0. The second-order valence-corrected chi connectivity index (χ2v) is 4.11. The third-order valence-corrected chi connectivity index (χ3v) is 2.48. The number of nitrogens with zero attached hydrogens (tertiary/aromatic N) is 3. The number of nitro groups is 1. The first-order valence-corrected chi connectivity index (χ1v) is 6.23. The van der Waals surface area contributed by atoms with Crippen molar-refractivity contribution in [3.63, 3.8) is 0 Å². The molecule has 1 aromatic carbocycles. The van der Waals surface area contributed by atoms with Crippen LogP contribution in [0.5, 0.6) is 11.5 Å². The van der Waals surface area contributed by atoms with Crippen LogP contribution in [-0.2, 0) is 9.59 Å². The summed E-state index contributed by atoms with van der Waals surface area (Å²) in [6.07, 6.45) is 1.28. The van der Waals surface area contributed by atoms with Gasteiger partial charge in [-0.15, -0.1) is 0 Å². The number of nitrogens with one attached hydrogen (secondary N) is 3. The molecule has 1 aliphatic heterocycles. The molecule has 0 bridgehead atoms. The fourth-order valence-corrected chi connectivity index (χ4v) is 1.50. The van der Waals surface area contributed by atoms with Crippen LogP contribution in [0.1, 0.15) is 5.56 Å². The van der Waals surface area contributed by atoms with Gasteiger partial charge in [0.05, 0.1) is 6.21 Å². The summed E-state index contributed by atoms with van der Waals surface area (Å²) < 4.78 is 10.3. The SMILES string of the molecule is NC(=N[N+](=O)[O-])NNC(=O)C(=O)NN=Cc1ccc2c(c1)OCO2. The molecule has 1 heterocycles. The molecule has 13 nitrogen and oxygen atoms in total. The molecule has 0 saturated carbocycles. The lowest BCUT2D eigenvalue weighted by Crippen LogP contribution is -2.50. The van der Waals surface area contributed by atoms with Gasteiger partial charge in [0.25, 0.3) is 5.96 Å². The average molecular weight is 337 g/mol. The van der Waals surface area contributed by atoms with Crippen LogP contribution in [0.2, 0.25) is 0 Å². The first-order chi connectivity index (χ1) is 11.5. The zero-order chi connectivity index (χ0) is 17.5. The number of hydrogen-bond donors (Lipinski definition) is 4. The summed E-state index contributed by atoms with van der Waals surface area (Å²) in [4.78, 5) is 32.8. The number of rotatable bonds is 3. The van der Waals surface area contributed by atoms with Gasteiger partial charge in [-0.1, -0.05) is 0 Å². The Morgan fingerprint density at radius 2 is 2.00 bits per heavy atom. The van der Waals surface area contributed by atoms with E-state index < -0.39 is 22.8 Å². The molecule has 0 aromatic heterocycles. The molecule has 1 aliphatic rings. The average Bonchev–Trinajstić information content (AvgIpc) is 2.99. The molecular formula is C11H11N7O6. The number of amides is 2. The second-order valence-electron chi connectivity index (χ2n) is 4.11. The van der Waals surface area contributed by atoms with Crippen LogP contribution < -0.4 is 31.5 Å². The molecule has 0 spiro atoms. The molecule has 0 saturated heterocycles. The second kappa shape index (κ2) is 7.39. The van der Waals surface area contributed by atoms with Crippen LogP contribution in [0.4, 0.5) is 0 Å². The quantitative estimate of drug-likeness (QED) is 0.160. The Morgan fingerprint density at radius 3 is 2.75 bits per heavy atom. The van der Waals surface area contributed by atoms with Crippen molar-refractivity contribution in [3.05, 3.63) is 33.9 Å². The first kappa shape index (κ1) is 16.5. The van der Waals surface area contributed by atoms with E-state index >= 15 is 0 Å². The molecule has 0 radical (unpaired) electrons.